The summed E-state index contributed by atoms with van der Waals surface area (Å²) in [5, 5.41) is 11.2. The van der Waals surface area contributed by atoms with Crippen molar-refractivity contribution in [3.63, 3.8) is 0 Å². The van der Waals surface area contributed by atoms with Gasteiger partial charge in [0.1, 0.15) is 17.1 Å². The molecule has 1 heterocycles. The first kappa shape index (κ1) is 27.3. The Morgan fingerprint density at radius 3 is 2.06 bits per heavy atom. The van der Waals surface area contributed by atoms with E-state index in [0.717, 1.165) is 11.1 Å². The van der Waals surface area contributed by atoms with Gasteiger partial charge in [-0.15, -0.1) is 0 Å². The Hall–Kier alpha value is -2.96. The van der Waals surface area contributed by atoms with Crippen molar-refractivity contribution in [1.82, 2.24) is 0 Å². The lowest BCUT2D eigenvalue weighted by Gasteiger charge is -2.38. The molecular formula is C28H36O6. The molecule has 184 valence electrons. The van der Waals surface area contributed by atoms with Gasteiger partial charge < -0.3 is 19.0 Å². The molecule has 0 saturated carbocycles. The van der Waals surface area contributed by atoms with E-state index in [1.165, 1.54) is 6.92 Å². The number of aromatic hydroxyl groups is 1. The van der Waals surface area contributed by atoms with Crippen LogP contribution in [0.1, 0.15) is 63.6 Å². The monoisotopic (exact) mass is 468 g/mol. The van der Waals surface area contributed by atoms with Crippen molar-refractivity contribution in [1.29, 1.82) is 0 Å². The van der Waals surface area contributed by atoms with Gasteiger partial charge in [0.25, 0.3) is 0 Å². The summed E-state index contributed by atoms with van der Waals surface area (Å²) in [6.45, 7) is 11.4. The van der Waals surface area contributed by atoms with Crippen LogP contribution in [0.3, 0.4) is 0 Å². The molecule has 0 radical (unpaired) electrons. The third kappa shape index (κ3) is 6.13. The highest BCUT2D eigenvalue weighted by Gasteiger charge is 2.37. The van der Waals surface area contributed by atoms with E-state index in [1.54, 1.807) is 26.4 Å². The number of benzene rings is 2. The van der Waals surface area contributed by atoms with Crippen molar-refractivity contribution in [3.05, 3.63) is 75.6 Å². The molecule has 3 rings (SSSR count). The van der Waals surface area contributed by atoms with Gasteiger partial charge in [0.2, 0.25) is 0 Å². The van der Waals surface area contributed by atoms with Crippen LogP contribution in [0.15, 0.2) is 57.7 Å². The van der Waals surface area contributed by atoms with Crippen LogP contribution in [0.25, 0.3) is 11.0 Å². The molecule has 1 unspecified atom stereocenters. The van der Waals surface area contributed by atoms with Crippen LogP contribution in [0, 0.1) is 6.92 Å². The van der Waals surface area contributed by atoms with Crippen LogP contribution in [-0.4, -0.2) is 36.3 Å². The van der Waals surface area contributed by atoms with Gasteiger partial charge in [-0.3, -0.25) is 4.79 Å². The fourth-order valence-corrected chi connectivity index (χ4v) is 3.46. The third-order valence-corrected chi connectivity index (χ3v) is 6.58. The Morgan fingerprint density at radius 2 is 1.56 bits per heavy atom. The molecule has 0 spiro atoms. The highest BCUT2D eigenvalue weighted by Crippen LogP contribution is 2.36. The van der Waals surface area contributed by atoms with Crippen LogP contribution < -0.4 is 5.63 Å². The molecule has 1 aromatic heterocycles. The summed E-state index contributed by atoms with van der Waals surface area (Å²) in [5.74, 6) is -0.714. The number of ketones is 1. The van der Waals surface area contributed by atoms with Crippen LogP contribution >= 0.6 is 0 Å². The largest absolute Gasteiger partial charge is 0.507 e. The predicted molar refractivity (Wildman–Crippen MR) is 135 cm³/mol. The van der Waals surface area contributed by atoms with Crippen LogP contribution in [-0.2, 0) is 14.3 Å². The van der Waals surface area contributed by atoms with Gasteiger partial charge in [-0.05, 0) is 64.8 Å². The molecule has 3 aromatic rings. The van der Waals surface area contributed by atoms with Crippen molar-refractivity contribution in [2.75, 3.05) is 14.2 Å². The maximum atomic E-state index is 12.5. The van der Waals surface area contributed by atoms with Crippen molar-refractivity contribution in [3.8, 4) is 5.75 Å². The number of aryl methyl sites for hydroxylation is 1. The molecule has 6 nitrogen and oxygen atoms in total. The first-order valence-electron chi connectivity index (χ1n) is 11.3. The van der Waals surface area contributed by atoms with E-state index in [2.05, 4.69) is 0 Å². The Labute approximate surface area is 201 Å². The Morgan fingerprint density at radius 1 is 1.00 bits per heavy atom. The van der Waals surface area contributed by atoms with Crippen molar-refractivity contribution in [2.45, 2.75) is 65.1 Å². The van der Waals surface area contributed by atoms with E-state index in [9.17, 15) is 14.7 Å². The highest BCUT2D eigenvalue weighted by molar-refractivity contribution is 5.85. The molecule has 0 bridgehead atoms. The summed E-state index contributed by atoms with van der Waals surface area (Å²) in [7, 11) is 3.39. The number of methoxy groups -OCH3 is 2. The quantitative estimate of drug-likeness (QED) is 0.444. The number of carbonyl (C=O) groups excluding carboxylic acids is 1. The zero-order chi connectivity index (χ0) is 25.7. The summed E-state index contributed by atoms with van der Waals surface area (Å²) in [4.78, 5) is 24.2. The molecule has 6 heteroatoms. The summed E-state index contributed by atoms with van der Waals surface area (Å²) in [6, 6.07) is 14.5. The molecule has 0 amide bonds. The fraction of sp³-hybridized carbons (Fsp3) is 0.429. The number of rotatable bonds is 7. The number of carbonyl (C=O) groups is 1. The second-order valence-corrected chi connectivity index (χ2v) is 9.45. The van der Waals surface area contributed by atoms with E-state index >= 15 is 0 Å². The first-order valence-corrected chi connectivity index (χ1v) is 11.3. The van der Waals surface area contributed by atoms with E-state index in [4.69, 9.17) is 13.9 Å². The van der Waals surface area contributed by atoms with Crippen molar-refractivity contribution < 1.29 is 23.8 Å². The summed E-state index contributed by atoms with van der Waals surface area (Å²) in [5.41, 5.74) is 1.12. The maximum absolute atomic E-state index is 12.5. The lowest BCUT2D eigenvalue weighted by Crippen LogP contribution is -2.48. The molecule has 0 aliphatic rings. The third-order valence-electron chi connectivity index (χ3n) is 6.58. The number of hydrogen-bond donors (Lipinski definition) is 1. The molecule has 0 aliphatic carbocycles. The standard InChI is InChI=1S/C20H18O4.C8H18O2/c1-12-8-9-15-17(10-12)24-20(23)18(19(15)22)16(11-13(2)21)14-6-4-3-5-7-14;1-7(2,9-5)8(3,4)10-6/h3-10,16,22H,11H2,1-2H3;1-6H3. The van der Waals surface area contributed by atoms with Gasteiger partial charge in [0, 0.05) is 26.6 Å². The van der Waals surface area contributed by atoms with E-state index < -0.39 is 11.5 Å². The zero-order valence-electron chi connectivity index (χ0n) is 21.4. The molecule has 0 saturated heterocycles. The van der Waals surface area contributed by atoms with Gasteiger partial charge in [0.15, 0.2) is 0 Å². The van der Waals surface area contributed by atoms with Crippen molar-refractivity contribution in [2.24, 2.45) is 0 Å². The Bertz CT molecular complexity index is 1160. The van der Waals surface area contributed by atoms with E-state index in [-0.39, 0.29) is 34.7 Å². The SMILES string of the molecule is CC(=O)CC(c1ccccc1)c1c(O)c2ccc(C)cc2oc1=O.COC(C)(C)C(C)(C)OC. The smallest absolute Gasteiger partial charge is 0.343 e. The van der Waals surface area contributed by atoms with Crippen LogP contribution in [0.4, 0.5) is 0 Å². The minimum absolute atomic E-state index is 0.0633. The molecule has 34 heavy (non-hydrogen) atoms. The Balaban J connectivity index is 0.000000347. The predicted octanol–water partition coefficient (Wildman–Crippen LogP) is 5.75. The summed E-state index contributed by atoms with van der Waals surface area (Å²) >= 11 is 0. The van der Waals surface area contributed by atoms with Crippen LogP contribution in [0.5, 0.6) is 5.75 Å². The van der Waals surface area contributed by atoms with Gasteiger partial charge in [-0.1, -0.05) is 36.4 Å². The lowest BCUT2D eigenvalue weighted by molar-refractivity contribution is -0.147. The molecule has 0 aliphatic heterocycles. The van der Waals surface area contributed by atoms with E-state index in [1.807, 2.05) is 71.0 Å². The molecule has 1 N–H and O–H groups in total. The zero-order valence-corrected chi connectivity index (χ0v) is 21.4. The van der Waals surface area contributed by atoms with Gasteiger partial charge in [-0.2, -0.15) is 0 Å². The summed E-state index contributed by atoms with van der Waals surface area (Å²) < 4.78 is 15.9. The Kier molecular flexibility index (Phi) is 8.81. The number of fused-ring (bicyclic) bond motifs is 1. The molecule has 0 fully saturated rings. The fourth-order valence-electron chi connectivity index (χ4n) is 3.46. The van der Waals surface area contributed by atoms with E-state index in [0.29, 0.717) is 11.0 Å². The average molecular weight is 469 g/mol. The molecular weight excluding hydrogens is 432 g/mol. The average Bonchev–Trinajstić information content (AvgIpc) is 2.78. The normalized spacial score (nSPS) is 12.7. The maximum Gasteiger partial charge on any atom is 0.343 e. The van der Waals surface area contributed by atoms with Gasteiger partial charge in [0.05, 0.1) is 22.2 Å². The highest BCUT2D eigenvalue weighted by atomic mass is 16.5. The lowest BCUT2D eigenvalue weighted by atomic mass is 9.87. The van der Waals surface area contributed by atoms with Gasteiger partial charge >= 0.3 is 5.63 Å². The number of hydrogen-bond acceptors (Lipinski definition) is 6. The topological polar surface area (TPSA) is 86.0 Å². The first-order chi connectivity index (χ1) is 15.8. The van der Waals surface area contributed by atoms with Crippen LogP contribution in [0.2, 0.25) is 0 Å². The molecule has 1 atom stereocenters. The number of ether oxygens (including phenoxy) is 2. The second-order valence-electron chi connectivity index (χ2n) is 9.45. The van der Waals surface area contributed by atoms with Crippen molar-refractivity contribution >= 4 is 16.8 Å². The second kappa shape index (κ2) is 11.0. The number of Topliss-reactive ketones (excluding diaryl/α,β-unsaturated/α-hetero) is 1. The molecule has 2 aromatic carbocycles. The van der Waals surface area contributed by atoms with Gasteiger partial charge in [-0.25, -0.2) is 4.79 Å². The minimum atomic E-state index is -0.610. The summed E-state index contributed by atoms with van der Waals surface area (Å²) in [6.07, 6.45) is 0.125. The minimum Gasteiger partial charge on any atom is -0.507 e.